The van der Waals surface area contributed by atoms with Gasteiger partial charge in [0.2, 0.25) is 9.84 Å². The third-order valence-corrected chi connectivity index (χ3v) is 4.99. The van der Waals surface area contributed by atoms with E-state index < -0.39 is 21.2 Å². The lowest BCUT2D eigenvalue weighted by Crippen LogP contribution is -2.43. The van der Waals surface area contributed by atoms with Gasteiger partial charge in [0, 0.05) is 20.1 Å². The highest BCUT2D eigenvalue weighted by Gasteiger charge is 2.32. The Morgan fingerprint density at radius 1 is 1.50 bits per heavy atom. The zero-order valence-electron chi connectivity index (χ0n) is 10.9. The van der Waals surface area contributed by atoms with Crippen molar-refractivity contribution in [3.63, 3.8) is 0 Å². The van der Waals surface area contributed by atoms with E-state index in [2.05, 4.69) is 10.6 Å². The molecular formula is C12H16N2O5S. The van der Waals surface area contributed by atoms with E-state index in [4.69, 9.17) is 9.84 Å². The molecule has 0 aliphatic carbocycles. The van der Waals surface area contributed by atoms with Gasteiger partial charge in [-0.05, 0) is 18.2 Å². The van der Waals surface area contributed by atoms with Crippen LogP contribution in [0.4, 0.5) is 5.69 Å². The number of sulfone groups is 1. The molecule has 1 aromatic rings. The highest BCUT2D eigenvalue weighted by molar-refractivity contribution is 7.92. The molecule has 0 saturated carbocycles. The summed E-state index contributed by atoms with van der Waals surface area (Å²) in [5.74, 6) is -1.17. The van der Waals surface area contributed by atoms with Crippen LogP contribution in [0.3, 0.4) is 0 Å². The lowest BCUT2D eigenvalue weighted by atomic mass is 10.2. The number of aromatic carboxylic acids is 1. The predicted octanol–water partition coefficient (Wildman–Crippen LogP) is 0.146. The van der Waals surface area contributed by atoms with Crippen LogP contribution >= 0.6 is 0 Å². The number of morpholine rings is 1. The fourth-order valence-corrected chi connectivity index (χ4v) is 3.64. The number of hydrogen-bond donors (Lipinski definition) is 3. The summed E-state index contributed by atoms with van der Waals surface area (Å²) < 4.78 is 30.4. The molecule has 3 N–H and O–H groups in total. The van der Waals surface area contributed by atoms with E-state index in [1.807, 2.05) is 0 Å². The van der Waals surface area contributed by atoms with Crippen LogP contribution in [0.25, 0.3) is 0 Å². The average Bonchev–Trinajstić information content (AvgIpc) is 2.47. The van der Waals surface area contributed by atoms with E-state index in [1.165, 1.54) is 12.1 Å². The second kappa shape index (κ2) is 5.78. The van der Waals surface area contributed by atoms with Crippen LogP contribution in [-0.4, -0.2) is 51.7 Å². The largest absolute Gasteiger partial charge is 0.478 e. The van der Waals surface area contributed by atoms with Gasteiger partial charge < -0.3 is 20.5 Å². The minimum absolute atomic E-state index is 0.0615. The summed E-state index contributed by atoms with van der Waals surface area (Å²) >= 11 is 0. The zero-order valence-corrected chi connectivity index (χ0v) is 11.7. The molecule has 20 heavy (non-hydrogen) atoms. The third kappa shape index (κ3) is 2.77. The molecule has 1 fully saturated rings. The fourth-order valence-electron chi connectivity index (χ4n) is 1.98. The van der Waals surface area contributed by atoms with Crippen LogP contribution in [0, 0.1) is 0 Å². The van der Waals surface area contributed by atoms with E-state index in [1.54, 1.807) is 7.05 Å². The molecule has 1 aliphatic heterocycles. The molecule has 1 heterocycles. The van der Waals surface area contributed by atoms with E-state index >= 15 is 0 Å². The minimum atomic E-state index is -3.77. The predicted molar refractivity (Wildman–Crippen MR) is 72.7 cm³/mol. The molecule has 0 bridgehead atoms. The summed E-state index contributed by atoms with van der Waals surface area (Å²) in [6.07, 6.45) is 0. The van der Waals surface area contributed by atoms with Crippen LogP contribution in [0.2, 0.25) is 0 Å². The Morgan fingerprint density at radius 2 is 2.25 bits per heavy atom. The number of rotatable bonds is 4. The average molecular weight is 300 g/mol. The first-order valence-electron chi connectivity index (χ1n) is 6.08. The Balaban J connectivity index is 2.48. The molecule has 0 spiro atoms. The highest BCUT2D eigenvalue weighted by Crippen LogP contribution is 2.27. The molecule has 1 unspecified atom stereocenters. The fraction of sp³-hybridized carbons (Fsp3) is 0.417. The standard InChI is InChI=1S/C12H16N2O5S/c1-13-9-3-2-8(12(15)16)6-10(9)20(17,18)11-7-14-4-5-19-11/h2-3,6,11,13-14H,4-5,7H2,1H3,(H,15,16). The molecular weight excluding hydrogens is 284 g/mol. The molecule has 1 aliphatic rings. The number of anilines is 1. The molecule has 0 aromatic heterocycles. The van der Waals surface area contributed by atoms with Gasteiger partial charge in [-0.1, -0.05) is 0 Å². The van der Waals surface area contributed by atoms with Crippen LogP contribution in [0.15, 0.2) is 23.1 Å². The van der Waals surface area contributed by atoms with Crippen molar-refractivity contribution in [1.29, 1.82) is 0 Å². The summed E-state index contributed by atoms with van der Waals surface area (Å²) in [6, 6.07) is 3.95. The van der Waals surface area contributed by atoms with Gasteiger partial charge in [0.25, 0.3) is 0 Å². The van der Waals surface area contributed by atoms with E-state index in [9.17, 15) is 13.2 Å². The molecule has 1 atom stereocenters. The minimum Gasteiger partial charge on any atom is -0.478 e. The number of nitrogens with one attached hydrogen (secondary N) is 2. The number of carboxylic acid groups (broad SMARTS) is 1. The van der Waals surface area contributed by atoms with Gasteiger partial charge in [-0.3, -0.25) is 0 Å². The van der Waals surface area contributed by atoms with Crippen LogP contribution in [0.5, 0.6) is 0 Å². The molecule has 110 valence electrons. The Labute approximate surface area is 116 Å². The molecule has 0 amide bonds. The van der Waals surface area contributed by atoms with E-state index in [0.29, 0.717) is 18.8 Å². The van der Waals surface area contributed by atoms with Gasteiger partial charge in [0.05, 0.1) is 22.8 Å². The van der Waals surface area contributed by atoms with E-state index in [-0.39, 0.29) is 17.0 Å². The van der Waals surface area contributed by atoms with Gasteiger partial charge in [-0.15, -0.1) is 0 Å². The molecule has 1 aromatic carbocycles. The second-order valence-corrected chi connectivity index (χ2v) is 6.37. The Hall–Kier alpha value is -1.64. The van der Waals surface area contributed by atoms with Gasteiger partial charge in [0.15, 0.2) is 5.44 Å². The maximum Gasteiger partial charge on any atom is 0.335 e. The van der Waals surface area contributed by atoms with Crippen LogP contribution in [0.1, 0.15) is 10.4 Å². The number of carbonyl (C=O) groups is 1. The molecule has 0 radical (unpaired) electrons. The first kappa shape index (κ1) is 14.8. The summed E-state index contributed by atoms with van der Waals surface area (Å²) in [7, 11) is -2.19. The van der Waals surface area contributed by atoms with Crippen molar-refractivity contribution >= 4 is 21.5 Å². The Kier molecular flexibility index (Phi) is 4.26. The maximum absolute atomic E-state index is 12.5. The van der Waals surface area contributed by atoms with Crippen molar-refractivity contribution in [2.24, 2.45) is 0 Å². The molecule has 1 saturated heterocycles. The first-order chi connectivity index (χ1) is 9.46. The van der Waals surface area contributed by atoms with Crippen molar-refractivity contribution in [2.45, 2.75) is 10.3 Å². The third-order valence-electron chi connectivity index (χ3n) is 3.04. The number of carboxylic acids is 1. The van der Waals surface area contributed by atoms with Gasteiger partial charge >= 0.3 is 5.97 Å². The zero-order chi connectivity index (χ0) is 14.8. The molecule has 7 nitrogen and oxygen atoms in total. The van der Waals surface area contributed by atoms with Crippen molar-refractivity contribution in [1.82, 2.24) is 5.32 Å². The van der Waals surface area contributed by atoms with Crippen molar-refractivity contribution in [3.05, 3.63) is 23.8 Å². The molecule has 8 heteroatoms. The van der Waals surface area contributed by atoms with Crippen molar-refractivity contribution < 1.29 is 23.1 Å². The molecule has 2 rings (SSSR count). The summed E-state index contributed by atoms with van der Waals surface area (Å²) in [5, 5.41) is 14.7. The summed E-state index contributed by atoms with van der Waals surface area (Å²) in [4.78, 5) is 10.9. The van der Waals surface area contributed by atoms with Crippen molar-refractivity contribution in [2.75, 3.05) is 32.1 Å². The van der Waals surface area contributed by atoms with Crippen LogP contribution < -0.4 is 10.6 Å². The number of ether oxygens (including phenoxy) is 1. The summed E-state index contributed by atoms with van der Waals surface area (Å²) in [5.41, 5.74) is -0.733. The maximum atomic E-state index is 12.5. The monoisotopic (exact) mass is 300 g/mol. The van der Waals surface area contributed by atoms with E-state index in [0.717, 1.165) is 6.07 Å². The topological polar surface area (TPSA) is 105 Å². The van der Waals surface area contributed by atoms with Crippen LogP contribution in [-0.2, 0) is 14.6 Å². The van der Waals surface area contributed by atoms with Gasteiger partial charge in [-0.25, -0.2) is 13.2 Å². The lowest BCUT2D eigenvalue weighted by Gasteiger charge is -2.24. The number of hydrogen-bond acceptors (Lipinski definition) is 6. The summed E-state index contributed by atoms with van der Waals surface area (Å²) in [6.45, 7) is 1.08. The SMILES string of the molecule is CNc1ccc(C(=O)O)cc1S(=O)(=O)C1CNCCO1. The van der Waals surface area contributed by atoms with Crippen molar-refractivity contribution in [3.8, 4) is 0 Å². The number of benzene rings is 1. The van der Waals surface area contributed by atoms with Gasteiger partial charge in [0.1, 0.15) is 0 Å². The Morgan fingerprint density at radius 3 is 2.80 bits per heavy atom. The first-order valence-corrected chi connectivity index (χ1v) is 7.62. The quantitative estimate of drug-likeness (QED) is 0.726. The normalized spacial score (nSPS) is 19.6. The smallest absolute Gasteiger partial charge is 0.335 e. The highest BCUT2D eigenvalue weighted by atomic mass is 32.2. The Bertz CT molecular complexity index is 608. The lowest BCUT2D eigenvalue weighted by molar-refractivity contribution is 0.0696. The van der Waals surface area contributed by atoms with Gasteiger partial charge in [-0.2, -0.15) is 0 Å². The second-order valence-electron chi connectivity index (χ2n) is 4.32.